The highest BCUT2D eigenvalue weighted by molar-refractivity contribution is 4.75. The van der Waals surface area contributed by atoms with Crippen molar-refractivity contribution in [2.45, 2.75) is 51.1 Å². The molecule has 0 aromatic rings. The molecule has 0 unspecified atom stereocenters. The molecule has 72 valence electrons. The van der Waals surface area contributed by atoms with Gasteiger partial charge in [0.25, 0.3) is 0 Å². The van der Waals surface area contributed by atoms with Crippen LogP contribution in [0, 0.1) is 0 Å². The van der Waals surface area contributed by atoms with Crippen molar-refractivity contribution >= 4 is 0 Å². The Morgan fingerprint density at radius 1 is 1.33 bits per heavy atom. The summed E-state index contributed by atoms with van der Waals surface area (Å²) in [5.74, 6) is 0. The van der Waals surface area contributed by atoms with Gasteiger partial charge in [0, 0.05) is 18.6 Å². The van der Waals surface area contributed by atoms with Gasteiger partial charge in [-0.15, -0.1) is 0 Å². The third kappa shape index (κ3) is 3.11. The average molecular weight is 170 g/mol. The molecular formula is C10H22N2. The van der Waals surface area contributed by atoms with E-state index in [1.807, 2.05) is 0 Å². The molecule has 1 aliphatic carbocycles. The van der Waals surface area contributed by atoms with Gasteiger partial charge < -0.3 is 10.6 Å². The molecule has 1 rings (SSSR count). The van der Waals surface area contributed by atoms with Gasteiger partial charge in [-0.05, 0) is 26.8 Å². The van der Waals surface area contributed by atoms with Crippen LogP contribution in [0.25, 0.3) is 0 Å². The number of nitrogens with zero attached hydrogens (tertiary/aromatic N) is 1. The highest BCUT2D eigenvalue weighted by atomic mass is 15.1. The zero-order valence-corrected chi connectivity index (χ0v) is 8.42. The molecule has 0 bridgehead atoms. The quantitative estimate of drug-likeness (QED) is 0.697. The van der Waals surface area contributed by atoms with Crippen molar-refractivity contribution in [1.29, 1.82) is 0 Å². The van der Waals surface area contributed by atoms with Gasteiger partial charge in [-0.25, -0.2) is 0 Å². The minimum atomic E-state index is 0.317. The van der Waals surface area contributed by atoms with Crippen molar-refractivity contribution in [3.63, 3.8) is 0 Å². The minimum Gasteiger partial charge on any atom is -0.327 e. The van der Waals surface area contributed by atoms with E-state index in [-0.39, 0.29) is 0 Å². The standard InChI is InChI=1S/C10H22N2/c1-9(11)8-12(2)10-6-4-3-5-7-10/h9-10H,3-8,11H2,1-2H3/t9-/m0/s1. The van der Waals surface area contributed by atoms with Crippen LogP contribution in [0.15, 0.2) is 0 Å². The van der Waals surface area contributed by atoms with E-state index in [4.69, 9.17) is 5.73 Å². The van der Waals surface area contributed by atoms with Crippen LogP contribution in [0.4, 0.5) is 0 Å². The summed E-state index contributed by atoms with van der Waals surface area (Å²) in [5, 5.41) is 0. The summed E-state index contributed by atoms with van der Waals surface area (Å²) >= 11 is 0. The molecule has 0 aromatic heterocycles. The fourth-order valence-electron chi connectivity index (χ4n) is 2.13. The Labute approximate surface area is 76.1 Å². The second-order valence-electron chi connectivity index (χ2n) is 4.21. The second-order valence-corrected chi connectivity index (χ2v) is 4.21. The summed E-state index contributed by atoms with van der Waals surface area (Å²) in [6, 6.07) is 1.13. The fourth-order valence-corrected chi connectivity index (χ4v) is 2.13. The molecule has 1 saturated carbocycles. The van der Waals surface area contributed by atoms with Crippen molar-refractivity contribution in [3.05, 3.63) is 0 Å². The molecule has 12 heavy (non-hydrogen) atoms. The van der Waals surface area contributed by atoms with Crippen LogP contribution >= 0.6 is 0 Å². The molecule has 1 fully saturated rings. The molecule has 0 aliphatic heterocycles. The Morgan fingerprint density at radius 3 is 2.42 bits per heavy atom. The molecule has 0 aromatic carbocycles. The highest BCUT2D eigenvalue weighted by Crippen LogP contribution is 2.21. The van der Waals surface area contributed by atoms with Crippen LogP contribution in [0.2, 0.25) is 0 Å². The smallest absolute Gasteiger partial charge is 0.0139 e. The minimum absolute atomic E-state index is 0.317. The molecule has 0 heterocycles. The zero-order valence-electron chi connectivity index (χ0n) is 8.42. The lowest BCUT2D eigenvalue weighted by molar-refractivity contribution is 0.185. The van der Waals surface area contributed by atoms with E-state index in [1.54, 1.807) is 0 Å². The number of hydrogen-bond donors (Lipinski definition) is 1. The van der Waals surface area contributed by atoms with Gasteiger partial charge in [-0.1, -0.05) is 19.3 Å². The summed E-state index contributed by atoms with van der Waals surface area (Å²) in [7, 11) is 2.21. The van der Waals surface area contributed by atoms with E-state index in [2.05, 4.69) is 18.9 Å². The highest BCUT2D eigenvalue weighted by Gasteiger charge is 2.17. The summed E-state index contributed by atoms with van der Waals surface area (Å²) in [6.45, 7) is 3.13. The van der Waals surface area contributed by atoms with Crippen molar-refractivity contribution in [2.24, 2.45) is 5.73 Å². The Hall–Kier alpha value is -0.0800. The van der Waals surface area contributed by atoms with Crippen molar-refractivity contribution < 1.29 is 0 Å². The third-order valence-corrected chi connectivity index (χ3v) is 2.77. The molecule has 2 heteroatoms. The van der Waals surface area contributed by atoms with E-state index in [1.165, 1.54) is 32.1 Å². The first-order valence-electron chi connectivity index (χ1n) is 5.16. The van der Waals surface area contributed by atoms with E-state index in [9.17, 15) is 0 Å². The predicted octanol–water partition coefficient (Wildman–Crippen LogP) is 1.60. The van der Waals surface area contributed by atoms with Crippen molar-refractivity contribution in [2.75, 3.05) is 13.6 Å². The number of nitrogens with two attached hydrogens (primary N) is 1. The molecule has 0 spiro atoms. The normalized spacial score (nSPS) is 23.0. The SMILES string of the molecule is C[C@H](N)CN(C)C1CCCCC1. The molecule has 0 radical (unpaired) electrons. The van der Waals surface area contributed by atoms with Crippen LogP contribution < -0.4 is 5.73 Å². The fraction of sp³-hybridized carbons (Fsp3) is 1.00. The van der Waals surface area contributed by atoms with Crippen LogP contribution in [-0.4, -0.2) is 30.6 Å². The summed E-state index contributed by atoms with van der Waals surface area (Å²) in [4.78, 5) is 2.43. The second kappa shape index (κ2) is 4.83. The summed E-state index contributed by atoms with van der Waals surface area (Å²) < 4.78 is 0. The Bertz CT molecular complexity index is 117. The van der Waals surface area contributed by atoms with Crippen LogP contribution in [0.5, 0.6) is 0 Å². The summed E-state index contributed by atoms with van der Waals surface area (Å²) in [6.07, 6.45) is 7.01. The number of hydrogen-bond acceptors (Lipinski definition) is 2. The average Bonchev–Trinajstić information content (AvgIpc) is 2.05. The lowest BCUT2D eigenvalue weighted by Crippen LogP contribution is -2.40. The molecule has 2 N–H and O–H groups in total. The lowest BCUT2D eigenvalue weighted by Gasteiger charge is -2.32. The van der Waals surface area contributed by atoms with E-state index >= 15 is 0 Å². The van der Waals surface area contributed by atoms with Gasteiger partial charge in [0.2, 0.25) is 0 Å². The lowest BCUT2D eigenvalue weighted by atomic mass is 9.94. The van der Waals surface area contributed by atoms with Gasteiger partial charge in [0.15, 0.2) is 0 Å². The number of likely N-dealkylation sites (N-methyl/N-ethyl adjacent to an activating group) is 1. The van der Waals surface area contributed by atoms with Gasteiger partial charge in [-0.3, -0.25) is 0 Å². The monoisotopic (exact) mass is 170 g/mol. The van der Waals surface area contributed by atoms with Crippen LogP contribution in [-0.2, 0) is 0 Å². The number of rotatable bonds is 3. The van der Waals surface area contributed by atoms with Gasteiger partial charge in [0.05, 0.1) is 0 Å². The molecule has 0 saturated heterocycles. The van der Waals surface area contributed by atoms with E-state index in [0.29, 0.717) is 6.04 Å². The molecule has 1 atom stereocenters. The Kier molecular flexibility index (Phi) is 4.02. The van der Waals surface area contributed by atoms with Crippen molar-refractivity contribution in [1.82, 2.24) is 4.90 Å². The van der Waals surface area contributed by atoms with Crippen LogP contribution in [0.3, 0.4) is 0 Å². The summed E-state index contributed by atoms with van der Waals surface area (Å²) in [5.41, 5.74) is 5.76. The molecule has 2 nitrogen and oxygen atoms in total. The zero-order chi connectivity index (χ0) is 8.97. The van der Waals surface area contributed by atoms with Crippen LogP contribution in [0.1, 0.15) is 39.0 Å². The van der Waals surface area contributed by atoms with E-state index < -0.39 is 0 Å². The molecule has 1 aliphatic rings. The van der Waals surface area contributed by atoms with Gasteiger partial charge in [-0.2, -0.15) is 0 Å². The van der Waals surface area contributed by atoms with Gasteiger partial charge in [0.1, 0.15) is 0 Å². The third-order valence-electron chi connectivity index (χ3n) is 2.77. The maximum atomic E-state index is 5.76. The first kappa shape index (κ1) is 10.0. The maximum Gasteiger partial charge on any atom is 0.0139 e. The topological polar surface area (TPSA) is 29.3 Å². The van der Waals surface area contributed by atoms with E-state index in [0.717, 1.165) is 12.6 Å². The largest absolute Gasteiger partial charge is 0.327 e. The Morgan fingerprint density at radius 2 is 1.92 bits per heavy atom. The predicted molar refractivity (Wildman–Crippen MR) is 53.2 cm³/mol. The van der Waals surface area contributed by atoms with Gasteiger partial charge >= 0.3 is 0 Å². The molecule has 0 amide bonds. The first-order chi connectivity index (χ1) is 5.70. The first-order valence-corrected chi connectivity index (χ1v) is 5.16. The Balaban J connectivity index is 2.24. The maximum absolute atomic E-state index is 5.76. The molecular weight excluding hydrogens is 148 g/mol. The van der Waals surface area contributed by atoms with Crippen molar-refractivity contribution in [3.8, 4) is 0 Å².